The Morgan fingerprint density at radius 2 is 1.82 bits per heavy atom. The van der Waals surface area contributed by atoms with Crippen LogP contribution in [-0.2, 0) is 0 Å². The van der Waals surface area contributed by atoms with Gasteiger partial charge in [-0.25, -0.2) is 0 Å². The lowest BCUT2D eigenvalue weighted by Gasteiger charge is -2.13. The minimum atomic E-state index is -0.133. The summed E-state index contributed by atoms with van der Waals surface area (Å²) in [5.41, 5.74) is 3.46. The normalized spacial score (nSPS) is 14.8. The standard InChI is InChI=1S/C18H21N3O/c1-13-6-8-16(9-7-13)21-18(22)14-10-17(12-19-11-14)20-15-4-2-3-5-15/h6-12,15,20H,2-5H2,1H3,(H,21,22). The Hall–Kier alpha value is -2.36. The van der Waals surface area contributed by atoms with Gasteiger partial charge in [0.15, 0.2) is 0 Å². The van der Waals surface area contributed by atoms with E-state index in [9.17, 15) is 4.79 Å². The number of rotatable bonds is 4. The van der Waals surface area contributed by atoms with Gasteiger partial charge >= 0.3 is 0 Å². The van der Waals surface area contributed by atoms with Crippen LogP contribution in [-0.4, -0.2) is 16.9 Å². The van der Waals surface area contributed by atoms with Crippen molar-refractivity contribution in [1.29, 1.82) is 0 Å². The summed E-state index contributed by atoms with van der Waals surface area (Å²) in [7, 11) is 0. The number of aromatic nitrogens is 1. The Morgan fingerprint density at radius 3 is 2.55 bits per heavy atom. The van der Waals surface area contributed by atoms with Crippen LogP contribution in [0.2, 0.25) is 0 Å². The maximum atomic E-state index is 12.3. The molecule has 0 aliphatic heterocycles. The third-order valence-electron chi connectivity index (χ3n) is 4.04. The van der Waals surface area contributed by atoms with Gasteiger partial charge in [0.1, 0.15) is 0 Å². The van der Waals surface area contributed by atoms with Crippen LogP contribution in [0.15, 0.2) is 42.7 Å². The molecule has 1 aromatic heterocycles. The van der Waals surface area contributed by atoms with Crippen molar-refractivity contribution < 1.29 is 4.79 Å². The first-order valence-corrected chi connectivity index (χ1v) is 7.80. The fourth-order valence-corrected chi connectivity index (χ4v) is 2.79. The van der Waals surface area contributed by atoms with E-state index < -0.39 is 0 Å². The number of hydrogen-bond donors (Lipinski definition) is 2. The van der Waals surface area contributed by atoms with Gasteiger partial charge in [-0.3, -0.25) is 9.78 Å². The van der Waals surface area contributed by atoms with Gasteiger partial charge in [0, 0.05) is 24.1 Å². The van der Waals surface area contributed by atoms with Crippen LogP contribution in [0.4, 0.5) is 11.4 Å². The molecule has 1 aliphatic rings. The molecular weight excluding hydrogens is 274 g/mol. The molecule has 2 aromatic rings. The van der Waals surface area contributed by atoms with Gasteiger partial charge in [-0.05, 0) is 38.0 Å². The van der Waals surface area contributed by atoms with Crippen LogP contribution in [0.25, 0.3) is 0 Å². The van der Waals surface area contributed by atoms with Gasteiger partial charge in [-0.2, -0.15) is 0 Å². The fourth-order valence-electron chi connectivity index (χ4n) is 2.79. The number of hydrogen-bond acceptors (Lipinski definition) is 3. The molecule has 1 heterocycles. The van der Waals surface area contributed by atoms with Gasteiger partial charge in [0.05, 0.1) is 11.3 Å². The molecule has 1 fully saturated rings. The van der Waals surface area contributed by atoms with E-state index in [4.69, 9.17) is 0 Å². The van der Waals surface area contributed by atoms with E-state index in [-0.39, 0.29) is 5.91 Å². The Balaban J connectivity index is 1.67. The molecule has 1 amide bonds. The summed E-state index contributed by atoms with van der Waals surface area (Å²) in [5.74, 6) is -0.133. The van der Waals surface area contributed by atoms with Crippen molar-refractivity contribution in [2.75, 3.05) is 10.6 Å². The van der Waals surface area contributed by atoms with E-state index in [1.54, 1.807) is 12.4 Å². The fraction of sp³-hybridized carbons (Fsp3) is 0.333. The number of nitrogens with zero attached hydrogens (tertiary/aromatic N) is 1. The average Bonchev–Trinajstić information content (AvgIpc) is 3.03. The highest BCUT2D eigenvalue weighted by molar-refractivity contribution is 6.04. The molecule has 114 valence electrons. The first-order chi connectivity index (χ1) is 10.7. The third kappa shape index (κ3) is 3.64. The number of nitrogens with one attached hydrogen (secondary N) is 2. The van der Waals surface area contributed by atoms with E-state index in [1.165, 1.54) is 31.2 Å². The van der Waals surface area contributed by atoms with Crippen molar-refractivity contribution in [3.63, 3.8) is 0 Å². The zero-order valence-corrected chi connectivity index (χ0v) is 12.8. The summed E-state index contributed by atoms with van der Waals surface area (Å²) in [4.78, 5) is 16.5. The SMILES string of the molecule is Cc1ccc(NC(=O)c2cncc(NC3CCCC3)c2)cc1. The van der Waals surface area contributed by atoms with Crippen LogP contribution >= 0.6 is 0 Å². The van der Waals surface area contributed by atoms with Crippen molar-refractivity contribution >= 4 is 17.3 Å². The lowest BCUT2D eigenvalue weighted by molar-refractivity contribution is 0.102. The zero-order chi connectivity index (χ0) is 15.4. The van der Waals surface area contributed by atoms with Crippen molar-refractivity contribution in [3.8, 4) is 0 Å². The van der Waals surface area contributed by atoms with Crippen molar-refractivity contribution in [2.45, 2.75) is 38.6 Å². The molecular formula is C18H21N3O. The smallest absolute Gasteiger partial charge is 0.257 e. The minimum Gasteiger partial charge on any atom is -0.381 e. The molecule has 3 rings (SSSR count). The third-order valence-corrected chi connectivity index (χ3v) is 4.04. The highest BCUT2D eigenvalue weighted by Gasteiger charge is 2.15. The van der Waals surface area contributed by atoms with E-state index in [1.807, 2.05) is 37.3 Å². The summed E-state index contributed by atoms with van der Waals surface area (Å²) in [5, 5.41) is 6.36. The highest BCUT2D eigenvalue weighted by Crippen LogP contribution is 2.22. The first-order valence-electron chi connectivity index (χ1n) is 7.80. The maximum absolute atomic E-state index is 12.3. The second-order valence-electron chi connectivity index (χ2n) is 5.91. The van der Waals surface area contributed by atoms with Crippen LogP contribution in [0, 0.1) is 6.92 Å². The van der Waals surface area contributed by atoms with Crippen LogP contribution in [0.1, 0.15) is 41.6 Å². The highest BCUT2D eigenvalue weighted by atomic mass is 16.1. The van der Waals surface area contributed by atoms with Gasteiger partial charge in [0.25, 0.3) is 5.91 Å². The maximum Gasteiger partial charge on any atom is 0.257 e. The molecule has 0 spiro atoms. The second kappa shape index (κ2) is 6.60. The van der Waals surface area contributed by atoms with Gasteiger partial charge in [0.2, 0.25) is 0 Å². The Bertz CT molecular complexity index is 646. The molecule has 1 saturated carbocycles. The van der Waals surface area contributed by atoms with E-state index in [2.05, 4.69) is 15.6 Å². The van der Waals surface area contributed by atoms with E-state index in [0.29, 0.717) is 11.6 Å². The molecule has 0 bridgehead atoms. The minimum absolute atomic E-state index is 0.133. The average molecular weight is 295 g/mol. The van der Waals surface area contributed by atoms with Gasteiger partial charge in [-0.1, -0.05) is 30.5 Å². The summed E-state index contributed by atoms with van der Waals surface area (Å²) in [6.45, 7) is 2.02. The van der Waals surface area contributed by atoms with Crippen LogP contribution in [0.5, 0.6) is 0 Å². The van der Waals surface area contributed by atoms with E-state index >= 15 is 0 Å². The number of carbonyl (C=O) groups excluding carboxylic acids is 1. The molecule has 0 unspecified atom stereocenters. The molecule has 4 heteroatoms. The second-order valence-corrected chi connectivity index (χ2v) is 5.91. The Morgan fingerprint density at radius 1 is 1.09 bits per heavy atom. The first kappa shape index (κ1) is 14.6. The Labute approximate surface area is 131 Å². The predicted octanol–water partition coefficient (Wildman–Crippen LogP) is 4.00. The van der Waals surface area contributed by atoms with Crippen LogP contribution in [0.3, 0.4) is 0 Å². The van der Waals surface area contributed by atoms with Gasteiger partial charge < -0.3 is 10.6 Å². The molecule has 1 aromatic carbocycles. The van der Waals surface area contributed by atoms with E-state index in [0.717, 1.165) is 11.4 Å². The summed E-state index contributed by atoms with van der Waals surface area (Å²) >= 11 is 0. The molecule has 0 atom stereocenters. The number of anilines is 2. The molecule has 22 heavy (non-hydrogen) atoms. The lowest BCUT2D eigenvalue weighted by atomic mass is 10.2. The summed E-state index contributed by atoms with van der Waals surface area (Å²) < 4.78 is 0. The van der Waals surface area contributed by atoms with Crippen LogP contribution < -0.4 is 10.6 Å². The van der Waals surface area contributed by atoms with Crippen molar-refractivity contribution in [1.82, 2.24) is 4.98 Å². The number of pyridine rings is 1. The molecule has 0 saturated heterocycles. The lowest BCUT2D eigenvalue weighted by Crippen LogP contribution is -2.16. The largest absolute Gasteiger partial charge is 0.381 e. The summed E-state index contributed by atoms with van der Waals surface area (Å²) in [6, 6.07) is 10.1. The number of aryl methyl sites for hydroxylation is 1. The molecule has 0 radical (unpaired) electrons. The quantitative estimate of drug-likeness (QED) is 0.896. The molecule has 2 N–H and O–H groups in total. The summed E-state index contributed by atoms with van der Waals surface area (Å²) in [6.07, 6.45) is 8.32. The number of amides is 1. The predicted molar refractivity (Wildman–Crippen MR) is 89.2 cm³/mol. The van der Waals surface area contributed by atoms with Crippen molar-refractivity contribution in [3.05, 3.63) is 53.9 Å². The monoisotopic (exact) mass is 295 g/mol. The van der Waals surface area contributed by atoms with Gasteiger partial charge in [-0.15, -0.1) is 0 Å². The molecule has 4 nitrogen and oxygen atoms in total. The van der Waals surface area contributed by atoms with Crippen molar-refractivity contribution in [2.24, 2.45) is 0 Å². The Kier molecular flexibility index (Phi) is 4.37. The molecule has 1 aliphatic carbocycles. The number of carbonyl (C=O) groups is 1. The zero-order valence-electron chi connectivity index (χ0n) is 12.8. The number of benzene rings is 1. The topological polar surface area (TPSA) is 54.0 Å².